The maximum atomic E-state index is 12.7. The van der Waals surface area contributed by atoms with Gasteiger partial charge in [-0.05, 0) is 69.0 Å². The van der Waals surface area contributed by atoms with Crippen molar-refractivity contribution in [3.63, 3.8) is 0 Å². The largest absolute Gasteiger partial charge is 0.396 e. The molecule has 236 valence electrons. The van der Waals surface area contributed by atoms with E-state index in [2.05, 4.69) is 54.5 Å². The van der Waals surface area contributed by atoms with E-state index in [0.29, 0.717) is 23.4 Å². The van der Waals surface area contributed by atoms with Crippen molar-refractivity contribution in [3.8, 4) is 11.3 Å². The molecule has 7 rings (SSSR count). The number of aromatic amines is 1. The summed E-state index contributed by atoms with van der Waals surface area (Å²) >= 11 is 0. The molecular formula is C33H42N10O2. The fraction of sp³-hybridized carbons (Fsp3) is 0.455. The van der Waals surface area contributed by atoms with Crippen molar-refractivity contribution < 1.29 is 9.90 Å². The minimum Gasteiger partial charge on any atom is -0.396 e. The van der Waals surface area contributed by atoms with Gasteiger partial charge >= 0.3 is 0 Å². The van der Waals surface area contributed by atoms with Crippen LogP contribution in [0.15, 0.2) is 48.9 Å². The van der Waals surface area contributed by atoms with Gasteiger partial charge in [0.05, 0.1) is 11.7 Å². The number of primary amides is 1. The van der Waals surface area contributed by atoms with E-state index in [0.717, 1.165) is 61.2 Å². The molecule has 1 amide bonds. The quantitative estimate of drug-likeness (QED) is 0.191. The Kier molecular flexibility index (Phi) is 8.26. The summed E-state index contributed by atoms with van der Waals surface area (Å²) in [6, 6.07) is 11.0. The minimum absolute atomic E-state index is 0.0555. The van der Waals surface area contributed by atoms with Crippen LogP contribution in [0.3, 0.4) is 0 Å². The van der Waals surface area contributed by atoms with Crippen molar-refractivity contribution in [2.24, 2.45) is 11.7 Å². The second-order valence-electron chi connectivity index (χ2n) is 12.7. The Labute approximate surface area is 263 Å². The van der Waals surface area contributed by atoms with Gasteiger partial charge in [-0.15, -0.1) is 0 Å². The van der Waals surface area contributed by atoms with E-state index >= 15 is 0 Å². The molecule has 2 aliphatic heterocycles. The average Bonchev–Trinajstić information content (AvgIpc) is 3.53. The number of nitrogens with one attached hydrogen (secondary N) is 3. The Hall–Kier alpha value is -4.26. The summed E-state index contributed by atoms with van der Waals surface area (Å²) in [5.74, 6) is 0.434. The van der Waals surface area contributed by atoms with E-state index in [-0.39, 0.29) is 24.3 Å². The highest BCUT2D eigenvalue weighted by atomic mass is 16.3. The predicted octanol–water partition coefficient (Wildman–Crippen LogP) is 3.26. The zero-order valence-electron chi connectivity index (χ0n) is 25.7. The molecule has 3 aliphatic rings. The van der Waals surface area contributed by atoms with Gasteiger partial charge in [0.25, 0.3) is 5.91 Å². The number of anilines is 4. The van der Waals surface area contributed by atoms with Gasteiger partial charge < -0.3 is 36.3 Å². The zero-order valence-corrected chi connectivity index (χ0v) is 25.7. The van der Waals surface area contributed by atoms with Crippen LogP contribution in [0.2, 0.25) is 0 Å². The van der Waals surface area contributed by atoms with Crippen LogP contribution < -0.4 is 21.3 Å². The van der Waals surface area contributed by atoms with E-state index in [1.807, 2.05) is 24.4 Å². The molecule has 12 heteroatoms. The van der Waals surface area contributed by atoms with Crippen LogP contribution in [0, 0.1) is 5.92 Å². The lowest BCUT2D eigenvalue weighted by atomic mass is 9.81. The van der Waals surface area contributed by atoms with Crippen molar-refractivity contribution in [1.82, 2.24) is 29.7 Å². The molecule has 1 saturated carbocycles. The predicted molar refractivity (Wildman–Crippen MR) is 177 cm³/mol. The molecule has 3 aromatic heterocycles. The molecule has 0 radical (unpaired) electrons. The molecule has 0 unspecified atom stereocenters. The number of benzene rings is 1. The van der Waals surface area contributed by atoms with Crippen LogP contribution in [0.1, 0.15) is 36.2 Å². The number of carbonyl (C=O) groups excluding carboxylic acids is 1. The van der Waals surface area contributed by atoms with Gasteiger partial charge in [-0.1, -0.05) is 0 Å². The SMILES string of the molecule is CN1CCN(C2CCN(c3ccc(Nc4nc(N[C@H]5C[C@H](CO)C5)c(-c5cncc6[nH]ccc56)nc4C(N)=O)cc3)CC2)CC1. The number of fused-ring (bicyclic) bond motifs is 1. The summed E-state index contributed by atoms with van der Waals surface area (Å²) < 4.78 is 0. The number of aliphatic hydroxyl groups is 1. The van der Waals surface area contributed by atoms with Crippen LogP contribution in [0.5, 0.6) is 0 Å². The van der Waals surface area contributed by atoms with Gasteiger partial charge in [-0.25, -0.2) is 9.97 Å². The normalized spacial score (nSPS) is 21.5. The summed E-state index contributed by atoms with van der Waals surface area (Å²) in [6.45, 7) is 6.89. The van der Waals surface area contributed by atoms with Crippen LogP contribution >= 0.6 is 0 Å². The van der Waals surface area contributed by atoms with E-state index in [4.69, 9.17) is 15.7 Å². The number of rotatable bonds is 9. The lowest BCUT2D eigenvalue weighted by Crippen LogP contribution is -2.52. The fourth-order valence-electron chi connectivity index (χ4n) is 6.92. The Bertz CT molecular complexity index is 1640. The second-order valence-corrected chi connectivity index (χ2v) is 12.7. The number of amides is 1. The summed E-state index contributed by atoms with van der Waals surface area (Å²) in [7, 11) is 2.21. The number of hydrogen-bond donors (Lipinski definition) is 5. The van der Waals surface area contributed by atoms with E-state index in [1.165, 1.54) is 31.6 Å². The van der Waals surface area contributed by atoms with Crippen molar-refractivity contribution in [2.75, 3.05) is 68.5 Å². The van der Waals surface area contributed by atoms with E-state index < -0.39 is 5.91 Å². The summed E-state index contributed by atoms with van der Waals surface area (Å²) in [5.41, 5.74) is 10.0. The Morgan fingerprint density at radius 2 is 1.76 bits per heavy atom. The highest BCUT2D eigenvalue weighted by Gasteiger charge is 2.31. The van der Waals surface area contributed by atoms with E-state index in [9.17, 15) is 9.90 Å². The van der Waals surface area contributed by atoms with Crippen LogP contribution in [-0.4, -0.2) is 106 Å². The molecule has 3 fully saturated rings. The molecule has 0 atom stereocenters. The lowest BCUT2D eigenvalue weighted by molar-refractivity contribution is 0.0982. The number of hydrogen-bond acceptors (Lipinski definition) is 10. The Morgan fingerprint density at radius 3 is 2.47 bits per heavy atom. The number of nitrogens with two attached hydrogens (primary N) is 1. The third-order valence-electron chi connectivity index (χ3n) is 9.71. The molecule has 0 bridgehead atoms. The van der Waals surface area contributed by atoms with Crippen LogP contribution in [-0.2, 0) is 0 Å². The zero-order chi connectivity index (χ0) is 30.9. The molecule has 12 nitrogen and oxygen atoms in total. The first-order valence-electron chi connectivity index (χ1n) is 16.0. The molecule has 1 aliphatic carbocycles. The number of piperidine rings is 1. The second kappa shape index (κ2) is 12.6. The Morgan fingerprint density at radius 1 is 1.00 bits per heavy atom. The highest BCUT2D eigenvalue weighted by molar-refractivity contribution is 6.00. The van der Waals surface area contributed by atoms with E-state index in [1.54, 1.807) is 12.4 Å². The fourth-order valence-corrected chi connectivity index (χ4v) is 6.92. The van der Waals surface area contributed by atoms with Gasteiger partial charge in [-0.2, -0.15) is 0 Å². The van der Waals surface area contributed by atoms with Gasteiger partial charge in [0.15, 0.2) is 17.3 Å². The number of nitrogens with zero attached hydrogens (tertiary/aromatic N) is 6. The summed E-state index contributed by atoms with van der Waals surface area (Å²) in [6.07, 6.45) is 9.34. The minimum atomic E-state index is -0.671. The molecular weight excluding hydrogens is 568 g/mol. The smallest absolute Gasteiger partial charge is 0.271 e. The van der Waals surface area contributed by atoms with Crippen molar-refractivity contribution in [1.29, 1.82) is 0 Å². The first kappa shape index (κ1) is 29.5. The van der Waals surface area contributed by atoms with Crippen LogP contribution in [0.4, 0.5) is 23.0 Å². The number of aromatic nitrogens is 4. The van der Waals surface area contributed by atoms with Gasteiger partial charge in [0.1, 0.15) is 5.69 Å². The first-order valence-corrected chi connectivity index (χ1v) is 16.0. The number of piperazine rings is 1. The first-order chi connectivity index (χ1) is 21.9. The number of H-pyrrole nitrogens is 1. The molecule has 45 heavy (non-hydrogen) atoms. The monoisotopic (exact) mass is 610 g/mol. The molecule has 6 N–H and O–H groups in total. The molecule has 2 saturated heterocycles. The number of likely N-dealkylation sites (N-methyl/N-ethyl adjacent to an activating group) is 1. The van der Waals surface area contributed by atoms with Crippen molar-refractivity contribution in [2.45, 2.75) is 37.8 Å². The molecule has 5 heterocycles. The Balaban J connectivity index is 1.11. The van der Waals surface area contributed by atoms with Gasteiger partial charge in [0, 0.05) is 92.7 Å². The average molecular weight is 611 g/mol. The maximum Gasteiger partial charge on any atom is 0.271 e. The number of aliphatic hydroxyl groups excluding tert-OH is 1. The van der Waals surface area contributed by atoms with Crippen molar-refractivity contribution >= 4 is 39.8 Å². The standard InChI is InChI=1S/C33H42N10O2/c1-41-12-14-43(15-13-41)25-7-10-42(11-8-25)24-4-2-22(3-5-24)37-33-30(31(34)45)39-29(27-18-35-19-28-26(27)6-9-36-28)32(40-33)38-23-16-21(17-23)20-44/h2-6,9,18-19,21,23,25,36,44H,7-8,10-17,20H2,1H3,(H2,34,45)(H2,37,38,40)/t21-,23-. The third kappa shape index (κ3) is 6.18. The molecule has 4 aromatic rings. The highest BCUT2D eigenvalue weighted by Crippen LogP contribution is 2.36. The van der Waals surface area contributed by atoms with Gasteiger partial charge in [-0.3, -0.25) is 14.7 Å². The lowest BCUT2D eigenvalue weighted by Gasteiger charge is -2.42. The molecule has 1 aromatic carbocycles. The number of pyridine rings is 1. The summed E-state index contributed by atoms with van der Waals surface area (Å²) in [5, 5.41) is 17.3. The van der Waals surface area contributed by atoms with Crippen molar-refractivity contribution in [3.05, 3.63) is 54.6 Å². The summed E-state index contributed by atoms with van der Waals surface area (Å²) in [4.78, 5) is 37.5. The van der Waals surface area contributed by atoms with Crippen LogP contribution in [0.25, 0.3) is 22.2 Å². The third-order valence-corrected chi connectivity index (χ3v) is 9.71. The maximum absolute atomic E-state index is 12.7. The topological polar surface area (TPSA) is 152 Å². The molecule has 0 spiro atoms. The number of carbonyl (C=O) groups is 1. The van der Waals surface area contributed by atoms with Gasteiger partial charge in [0.2, 0.25) is 0 Å².